The van der Waals surface area contributed by atoms with Gasteiger partial charge in [-0.05, 0) is 12.1 Å². The molecule has 0 saturated heterocycles. The van der Waals surface area contributed by atoms with Gasteiger partial charge >= 0.3 is 19.5 Å². The fraction of sp³-hybridized carbons (Fsp3) is 0. The summed E-state index contributed by atoms with van der Waals surface area (Å²) in [6.07, 6.45) is 0. The normalized spacial score (nSPS) is 6.75. The van der Waals surface area contributed by atoms with E-state index in [2.05, 4.69) is 0 Å². The van der Waals surface area contributed by atoms with Gasteiger partial charge in [0.15, 0.2) is 0 Å². The Kier molecular flexibility index (Phi) is 56.5. The van der Waals surface area contributed by atoms with Crippen LogP contribution in [0.3, 0.4) is 0 Å². The van der Waals surface area contributed by atoms with Crippen LogP contribution in [0.2, 0.25) is 0 Å². The maximum absolute atomic E-state index is 10.2. The molecule has 0 amide bonds. The summed E-state index contributed by atoms with van der Waals surface area (Å²) in [6, 6.07) is 3.16. The minimum absolute atomic E-state index is 0. The number of hydrogen-bond acceptors (Lipinski definition) is 13. The fourth-order valence-electron chi connectivity index (χ4n) is 0.693. The van der Waals surface area contributed by atoms with Gasteiger partial charge in [0, 0.05) is 22.0 Å². The number of carbonyl (C=O) groups is 1. The van der Waals surface area contributed by atoms with Gasteiger partial charge in [0.1, 0.15) is 11.5 Å². The van der Waals surface area contributed by atoms with Crippen LogP contribution in [0, 0.1) is 0 Å². The van der Waals surface area contributed by atoms with Gasteiger partial charge in [-0.2, -0.15) is 0 Å². The molecule has 0 heterocycles. The number of phenols is 2. The summed E-state index contributed by atoms with van der Waals surface area (Å²) in [5, 5.41) is 27.8. The quantitative estimate of drug-likeness (QED) is 0.124. The van der Waals surface area contributed by atoms with Crippen molar-refractivity contribution in [3.8, 4) is 11.5 Å². The Morgan fingerprint density at radius 2 is 1.21 bits per heavy atom. The van der Waals surface area contributed by atoms with Crippen molar-refractivity contribution in [2.24, 2.45) is 0 Å². The Bertz CT molecular complexity index is 494. The third kappa shape index (κ3) is 32.4. The molecule has 17 heteroatoms. The van der Waals surface area contributed by atoms with Crippen molar-refractivity contribution in [2.45, 2.75) is 0 Å². The summed E-state index contributed by atoms with van der Waals surface area (Å²) < 4.78 is 34.1. The molecule has 0 saturated carbocycles. The van der Waals surface area contributed by atoms with Crippen molar-refractivity contribution >= 4 is 16.4 Å². The molecule has 0 aliphatic heterocycles. The average Bonchev–Trinajstić information content (AvgIpc) is 1.99. The molecule has 0 aromatic heterocycles. The largest absolute Gasteiger partial charge is 8.00 e. The van der Waals surface area contributed by atoms with Gasteiger partial charge in [-0.1, -0.05) is 0 Å². The van der Waals surface area contributed by atoms with Crippen LogP contribution in [0.25, 0.3) is 0 Å². The first kappa shape index (κ1) is 57.1. The number of carboxylic acids is 1. The molecule has 0 radical (unpaired) electrons. The summed E-state index contributed by atoms with van der Waals surface area (Å²) in [5.41, 5.74) is -0.331. The predicted molar refractivity (Wildman–Crippen MR) is 76.9 cm³/mol. The molecular formula is C7H24N5O10RuS+5. The molecule has 1 rings (SSSR count). The third-order valence-electron chi connectivity index (χ3n) is 1.20. The fourth-order valence-corrected chi connectivity index (χ4v) is 0.693. The van der Waals surface area contributed by atoms with Gasteiger partial charge in [0.05, 0.1) is 5.97 Å². The summed E-state index contributed by atoms with van der Waals surface area (Å²) in [7, 11) is -5.17. The molecule has 1 aromatic rings. The first-order valence-electron chi connectivity index (χ1n) is 3.51. The summed E-state index contributed by atoms with van der Waals surface area (Å²) in [5.74, 6) is -2.15. The number of carbonyl (C=O) groups excluding carboxylic acids is 1. The SMILES string of the molecule is N.N.N.N.N.O.O.O=C([O-])c1ccc(O)cc1O.O=S(=O)([O-])[O-].[Ru+8]. The smallest absolute Gasteiger partial charge is 0.759 e. The van der Waals surface area contributed by atoms with Crippen LogP contribution in [-0.4, -0.2) is 44.7 Å². The van der Waals surface area contributed by atoms with Crippen LogP contribution < -0.4 is 35.9 Å². The first-order chi connectivity index (χ1) is 7.11. The Morgan fingerprint density at radius 1 is 0.917 bits per heavy atom. The maximum atomic E-state index is 10.2. The van der Waals surface area contributed by atoms with Gasteiger partial charge in [-0.15, -0.1) is 0 Å². The van der Waals surface area contributed by atoms with Crippen molar-refractivity contribution in [1.82, 2.24) is 30.8 Å². The number of aromatic hydroxyl groups is 2. The molecule has 0 aliphatic carbocycles. The van der Waals surface area contributed by atoms with E-state index >= 15 is 0 Å². The predicted octanol–water partition coefficient (Wildman–Crippen LogP) is -2.72. The molecule has 0 atom stereocenters. The minimum atomic E-state index is -5.17. The number of aromatic carboxylic acids is 1. The van der Waals surface area contributed by atoms with E-state index in [1.807, 2.05) is 0 Å². The van der Waals surface area contributed by atoms with Gasteiger partial charge < -0.3 is 70.9 Å². The maximum Gasteiger partial charge on any atom is 8.00 e. The molecule has 15 nitrogen and oxygen atoms in total. The Labute approximate surface area is 151 Å². The Balaban J connectivity index is -0.0000000226. The zero-order chi connectivity index (χ0) is 12.9. The average molecular weight is 471 g/mol. The zero-order valence-corrected chi connectivity index (χ0v) is 14.9. The van der Waals surface area contributed by atoms with Crippen LogP contribution in [0.5, 0.6) is 11.5 Å². The van der Waals surface area contributed by atoms with Crippen LogP contribution in [-0.2, 0) is 29.9 Å². The summed E-state index contributed by atoms with van der Waals surface area (Å²) in [4.78, 5) is 10.2. The minimum Gasteiger partial charge on any atom is -0.759 e. The zero-order valence-electron chi connectivity index (χ0n) is 12.4. The number of benzene rings is 1. The van der Waals surface area contributed by atoms with Crippen molar-refractivity contribution in [2.75, 3.05) is 0 Å². The number of carboxylic acid groups (broad SMARTS) is 1. The Morgan fingerprint density at radius 3 is 1.42 bits per heavy atom. The van der Waals surface area contributed by atoms with Crippen LogP contribution in [0.1, 0.15) is 10.4 Å². The topological polar surface area (TPSA) is 399 Å². The first-order valence-corrected chi connectivity index (χ1v) is 4.84. The van der Waals surface area contributed by atoms with Gasteiger partial charge in [-0.25, -0.2) is 0 Å². The van der Waals surface area contributed by atoms with Gasteiger partial charge in [0.25, 0.3) is 0 Å². The van der Waals surface area contributed by atoms with E-state index in [0.29, 0.717) is 0 Å². The van der Waals surface area contributed by atoms with Gasteiger partial charge in [0.2, 0.25) is 0 Å². The summed E-state index contributed by atoms with van der Waals surface area (Å²) >= 11 is 0. The number of phenolic OH excluding ortho intramolecular Hbond substituents is 1. The molecule has 24 heavy (non-hydrogen) atoms. The van der Waals surface area contributed by atoms with Gasteiger partial charge in [-0.3, -0.25) is 8.42 Å². The molecule has 0 bridgehead atoms. The molecule has 0 aliphatic rings. The van der Waals surface area contributed by atoms with Crippen molar-refractivity contribution in [1.29, 1.82) is 0 Å². The monoisotopic (exact) mass is 472 g/mol. The second-order valence-electron chi connectivity index (χ2n) is 2.40. The van der Waals surface area contributed by atoms with Crippen LogP contribution >= 0.6 is 0 Å². The van der Waals surface area contributed by atoms with E-state index in [1.54, 1.807) is 0 Å². The standard InChI is InChI=1S/C7H6O4.5H3N.H2O4S.2H2O.Ru/c8-4-1-2-5(7(10)11)6(9)3-4;;;;;;1-5(2,3)4;;;/h1-3,8-9H,(H,10,11);5*1H3;(H2,1,2,3,4);2*1H2;/q;;;;;;;;;+8/p-3. The second kappa shape index (κ2) is 23.8. The van der Waals surface area contributed by atoms with E-state index in [-0.39, 0.29) is 72.5 Å². The molecule has 0 unspecified atom stereocenters. The van der Waals surface area contributed by atoms with Crippen molar-refractivity contribution in [3.05, 3.63) is 23.8 Å². The van der Waals surface area contributed by atoms with E-state index in [9.17, 15) is 9.90 Å². The van der Waals surface area contributed by atoms with E-state index < -0.39 is 22.1 Å². The Hall–Kier alpha value is -1.50. The number of hydrogen-bond donors (Lipinski definition) is 7. The van der Waals surface area contributed by atoms with Crippen LogP contribution in [0.4, 0.5) is 0 Å². The van der Waals surface area contributed by atoms with Crippen LogP contribution in [0.15, 0.2) is 18.2 Å². The van der Waals surface area contributed by atoms with Crippen molar-refractivity contribution in [3.63, 3.8) is 0 Å². The third-order valence-corrected chi connectivity index (χ3v) is 1.20. The second-order valence-corrected chi connectivity index (χ2v) is 3.21. The molecule has 1 aromatic carbocycles. The molecular weight excluding hydrogens is 447 g/mol. The molecule has 21 N–H and O–H groups in total. The molecule has 146 valence electrons. The number of rotatable bonds is 1. The van der Waals surface area contributed by atoms with E-state index in [1.165, 1.54) is 0 Å². The van der Waals surface area contributed by atoms with E-state index in [0.717, 1.165) is 18.2 Å². The molecule has 0 fully saturated rings. The van der Waals surface area contributed by atoms with Crippen molar-refractivity contribution < 1.29 is 68.1 Å². The molecule has 0 spiro atoms. The van der Waals surface area contributed by atoms with E-state index in [4.69, 9.17) is 27.7 Å². The summed E-state index contributed by atoms with van der Waals surface area (Å²) in [6.45, 7) is 0.